The van der Waals surface area contributed by atoms with Crippen molar-refractivity contribution in [2.45, 2.75) is 38.4 Å². The van der Waals surface area contributed by atoms with E-state index < -0.39 is 13.5 Å². The van der Waals surface area contributed by atoms with Gasteiger partial charge in [0.15, 0.2) is 0 Å². The van der Waals surface area contributed by atoms with Crippen LogP contribution < -0.4 is 4.74 Å². The maximum absolute atomic E-state index is 12.0. The van der Waals surface area contributed by atoms with Crippen molar-refractivity contribution in [1.82, 2.24) is 0 Å². The van der Waals surface area contributed by atoms with Gasteiger partial charge in [-0.1, -0.05) is 25.6 Å². The summed E-state index contributed by atoms with van der Waals surface area (Å²) in [4.78, 5) is 12.0. The summed E-state index contributed by atoms with van der Waals surface area (Å²) in [5, 5.41) is 9.59. The molecule has 0 aromatic heterocycles. The molecular formula is C17H22O4Si. The summed E-state index contributed by atoms with van der Waals surface area (Å²) in [7, 11) is -1.59. The number of phenols is 1. The van der Waals surface area contributed by atoms with Gasteiger partial charge in [-0.05, 0) is 19.1 Å². The Morgan fingerprint density at radius 1 is 1.45 bits per heavy atom. The molecule has 0 amide bonds. The van der Waals surface area contributed by atoms with Crippen LogP contribution in [0.25, 0.3) is 0 Å². The molecule has 1 aromatic rings. The predicted octanol–water partition coefficient (Wildman–Crippen LogP) is 2.86. The van der Waals surface area contributed by atoms with Gasteiger partial charge in [-0.25, -0.2) is 0 Å². The van der Waals surface area contributed by atoms with Crippen molar-refractivity contribution in [2.24, 2.45) is 0 Å². The first kappa shape index (κ1) is 16.4. The summed E-state index contributed by atoms with van der Waals surface area (Å²) in [5.41, 5.74) is 3.51. The molecule has 0 radical (unpaired) electrons. The van der Waals surface area contributed by atoms with Crippen LogP contribution in [-0.2, 0) is 14.9 Å². The molecule has 1 N–H and O–H groups in total. The van der Waals surface area contributed by atoms with Gasteiger partial charge in [-0.3, -0.25) is 4.79 Å². The van der Waals surface area contributed by atoms with Gasteiger partial charge in [-0.15, -0.1) is 5.54 Å². The van der Waals surface area contributed by atoms with Crippen molar-refractivity contribution >= 4 is 14.0 Å². The highest BCUT2D eigenvalue weighted by atomic mass is 28.3. The van der Waals surface area contributed by atoms with Crippen LogP contribution >= 0.6 is 0 Å². The number of esters is 1. The molecule has 118 valence electrons. The van der Waals surface area contributed by atoms with E-state index in [2.05, 4.69) is 31.1 Å². The fourth-order valence-corrected chi connectivity index (χ4v) is 2.98. The minimum Gasteiger partial charge on any atom is -0.508 e. The minimum absolute atomic E-state index is 0.142. The topological polar surface area (TPSA) is 55.8 Å². The van der Waals surface area contributed by atoms with Crippen molar-refractivity contribution in [1.29, 1.82) is 0 Å². The van der Waals surface area contributed by atoms with Crippen LogP contribution in [0.15, 0.2) is 18.2 Å². The van der Waals surface area contributed by atoms with Crippen molar-refractivity contribution in [3.8, 4) is 23.0 Å². The SMILES string of the molecule is CCOC(=O)CC1(C#C[Si](C)(C)C)COc2cc(O)ccc21. The van der Waals surface area contributed by atoms with E-state index in [1.165, 1.54) is 0 Å². The van der Waals surface area contributed by atoms with Crippen molar-refractivity contribution < 1.29 is 19.4 Å². The number of phenolic OH excluding ortho intramolecular Hbond substituents is 1. The summed E-state index contributed by atoms with van der Waals surface area (Å²) in [5.74, 6) is 3.76. The van der Waals surface area contributed by atoms with Crippen molar-refractivity contribution in [3.63, 3.8) is 0 Å². The van der Waals surface area contributed by atoms with Gasteiger partial charge >= 0.3 is 5.97 Å². The molecule has 1 aliphatic rings. The Morgan fingerprint density at radius 3 is 2.82 bits per heavy atom. The van der Waals surface area contributed by atoms with Gasteiger partial charge in [0, 0.05) is 11.6 Å². The van der Waals surface area contributed by atoms with Crippen LogP contribution in [0, 0.1) is 11.5 Å². The number of benzene rings is 1. The Kier molecular flexibility index (Phi) is 4.52. The Bertz CT molecular complexity index is 636. The Hall–Kier alpha value is -1.93. The van der Waals surface area contributed by atoms with Crippen molar-refractivity contribution in [3.05, 3.63) is 23.8 Å². The molecule has 1 aliphatic heterocycles. The van der Waals surface area contributed by atoms with E-state index >= 15 is 0 Å². The van der Waals surface area contributed by atoms with Crippen LogP contribution in [0.3, 0.4) is 0 Å². The third-order valence-electron chi connectivity index (χ3n) is 3.38. The van der Waals surface area contributed by atoms with Gasteiger partial charge < -0.3 is 14.6 Å². The summed E-state index contributed by atoms with van der Waals surface area (Å²) in [6, 6.07) is 4.96. The molecule has 4 nitrogen and oxygen atoms in total. The quantitative estimate of drug-likeness (QED) is 0.529. The maximum atomic E-state index is 12.0. The van der Waals surface area contributed by atoms with E-state index in [-0.39, 0.29) is 18.1 Å². The summed E-state index contributed by atoms with van der Waals surface area (Å²) in [6.45, 7) is 8.92. The lowest BCUT2D eigenvalue weighted by Crippen LogP contribution is -2.31. The molecule has 1 aromatic carbocycles. The lowest BCUT2D eigenvalue weighted by atomic mass is 9.80. The molecule has 2 rings (SSSR count). The number of ether oxygens (including phenoxy) is 2. The van der Waals surface area contributed by atoms with E-state index in [0.29, 0.717) is 19.0 Å². The number of aromatic hydroxyl groups is 1. The van der Waals surface area contributed by atoms with Crippen LogP contribution in [-0.4, -0.2) is 32.4 Å². The van der Waals surface area contributed by atoms with Gasteiger partial charge in [-0.2, -0.15) is 0 Å². The molecule has 1 heterocycles. The van der Waals surface area contributed by atoms with Gasteiger partial charge in [0.25, 0.3) is 0 Å². The second kappa shape index (κ2) is 6.05. The number of carbonyl (C=O) groups is 1. The summed E-state index contributed by atoms with van der Waals surface area (Å²) >= 11 is 0. The van der Waals surface area contributed by atoms with E-state index in [4.69, 9.17) is 9.47 Å². The van der Waals surface area contributed by atoms with Gasteiger partial charge in [0.2, 0.25) is 0 Å². The molecule has 5 heteroatoms. The average molecular weight is 318 g/mol. The van der Waals surface area contributed by atoms with Crippen LogP contribution in [0.1, 0.15) is 18.9 Å². The van der Waals surface area contributed by atoms with Crippen molar-refractivity contribution in [2.75, 3.05) is 13.2 Å². The number of carbonyl (C=O) groups excluding carboxylic acids is 1. The Balaban J connectivity index is 2.44. The Labute approximate surface area is 132 Å². The lowest BCUT2D eigenvalue weighted by molar-refractivity contribution is -0.144. The number of hydrogen-bond donors (Lipinski definition) is 1. The molecule has 1 atom stereocenters. The number of rotatable bonds is 3. The highest BCUT2D eigenvalue weighted by molar-refractivity contribution is 6.83. The molecule has 0 saturated carbocycles. The molecule has 0 bridgehead atoms. The van der Waals surface area contributed by atoms with Crippen LogP contribution in [0.2, 0.25) is 19.6 Å². The predicted molar refractivity (Wildman–Crippen MR) is 87.7 cm³/mol. The zero-order valence-electron chi connectivity index (χ0n) is 13.5. The fraction of sp³-hybridized carbons (Fsp3) is 0.471. The fourth-order valence-electron chi connectivity index (χ4n) is 2.36. The average Bonchev–Trinajstić information content (AvgIpc) is 2.75. The molecule has 22 heavy (non-hydrogen) atoms. The van der Waals surface area contributed by atoms with E-state index in [9.17, 15) is 9.90 Å². The molecule has 0 fully saturated rings. The molecular weight excluding hydrogens is 296 g/mol. The summed E-state index contributed by atoms with van der Waals surface area (Å²) in [6.07, 6.45) is 0.163. The zero-order valence-corrected chi connectivity index (χ0v) is 14.5. The standard InChI is InChI=1S/C17H22O4Si/c1-5-20-16(19)11-17(8-9-22(2,3)4)12-21-15-10-13(18)6-7-14(15)17/h6-7,10,18H,5,11-12H2,1-4H3. The van der Waals surface area contributed by atoms with Gasteiger partial charge in [0.05, 0.1) is 13.0 Å². The zero-order chi connectivity index (χ0) is 16.4. The second-order valence-electron chi connectivity index (χ2n) is 6.53. The highest BCUT2D eigenvalue weighted by Gasteiger charge is 2.42. The highest BCUT2D eigenvalue weighted by Crippen LogP contribution is 2.42. The van der Waals surface area contributed by atoms with E-state index in [1.807, 2.05) is 0 Å². The normalized spacial score (nSPS) is 19.6. The van der Waals surface area contributed by atoms with E-state index in [0.717, 1.165) is 5.56 Å². The summed E-state index contributed by atoms with van der Waals surface area (Å²) < 4.78 is 10.8. The first-order valence-corrected chi connectivity index (χ1v) is 10.9. The van der Waals surface area contributed by atoms with Gasteiger partial charge in [0.1, 0.15) is 31.6 Å². The van der Waals surface area contributed by atoms with Crippen LogP contribution in [0.4, 0.5) is 0 Å². The number of hydrogen-bond acceptors (Lipinski definition) is 4. The minimum atomic E-state index is -1.59. The molecule has 1 unspecified atom stereocenters. The third-order valence-corrected chi connectivity index (χ3v) is 4.26. The molecule has 0 saturated heterocycles. The first-order valence-electron chi connectivity index (χ1n) is 7.42. The first-order chi connectivity index (χ1) is 10.3. The Morgan fingerprint density at radius 2 is 2.18 bits per heavy atom. The monoisotopic (exact) mass is 318 g/mol. The maximum Gasteiger partial charge on any atom is 0.307 e. The molecule has 0 aliphatic carbocycles. The third kappa shape index (κ3) is 3.63. The largest absolute Gasteiger partial charge is 0.508 e. The number of fused-ring (bicyclic) bond motifs is 1. The second-order valence-corrected chi connectivity index (χ2v) is 11.3. The lowest BCUT2D eigenvalue weighted by Gasteiger charge is -2.21. The molecule has 0 spiro atoms. The van der Waals surface area contributed by atoms with E-state index in [1.54, 1.807) is 25.1 Å². The smallest absolute Gasteiger partial charge is 0.307 e. The van der Waals surface area contributed by atoms with Crippen LogP contribution in [0.5, 0.6) is 11.5 Å².